The van der Waals surface area contributed by atoms with Crippen molar-refractivity contribution in [3.8, 4) is 11.5 Å². The van der Waals surface area contributed by atoms with Crippen LogP contribution in [0, 0.1) is 12.8 Å². The minimum atomic E-state index is 0.666. The van der Waals surface area contributed by atoms with E-state index in [-0.39, 0.29) is 0 Å². The maximum atomic E-state index is 5.72. The SMILES string of the molecule is Cc1ccc(Oc2cnc(CC3CCNC3)nc2)cc1. The van der Waals surface area contributed by atoms with Gasteiger partial charge in [-0.1, -0.05) is 17.7 Å². The molecule has 0 saturated carbocycles. The molecule has 1 unspecified atom stereocenters. The molecule has 1 aromatic heterocycles. The van der Waals surface area contributed by atoms with Crippen molar-refractivity contribution in [2.75, 3.05) is 13.1 Å². The Labute approximate surface area is 119 Å². The molecule has 1 atom stereocenters. The van der Waals surface area contributed by atoms with E-state index >= 15 is 0 Å². The summed E-state index contributed by atoms with van der Waals surface area (Å²) in [5.41, 5.74) is 1.22. The molecule has 1 aliphatic rings. The molecule has 0 spiro atoms. The van der Waals surface area contributed by atoms with E-state index < -0.39 is 0 Å². The zero-order valence-electron chi connectivity index (χ0n) is 11.7. The molecule has 2 aromatic rings. The summed E-state index contributed by atoms with van der Waals surface area (Å²) in [7, 11) is 0. The maximum absolute atomic E-state index is 5.72. The van der Waals surface area contributed by atoms with Crippen LogP contribution in [0.4, 0.5) is 0 Å². The van der Waals surface area contributed by atoms with Gasteiger partial charge in [0, 0.05) is 6.42 Å². The lowest BCUT2D eigenvalue weighted by Gasteiger charge is -2.08. The van der Waals surface area contributed by atoms with Crippen LogP contribution < -0.4 is 10.1 Å². The number of nitrogens with one attached hydrogen (secondary N) is 1. The third-order valence-electron chi connectivity index (χ3n) is 3.57. The fourth-order valence-electron chi connectivity index (χ4n) is 2.39. The molecule has 0 amide bonds. The van der Waals surface area contributed by atoms with Crippen LogP contribution >= 0.6 is 0 Å². The molecule has 104 valence electrons. The van der Waals surface area contributed by atoms with Crippen molar-refractivity contribution in [2.24, 2.45) is 5.92 Å². The van der Waals surface area contributed by atoms with Crippen molar-refractivity contribution in [3.63, 3.8) is 0 Å². The van der Waals surface area contributed by atoms with Crippen LogP contribution in [0.15, 0.2) is 36.7 Å². The summed E-state index contributed by atoms with van der Waals surface area (Å²) in [6.45, 7) is 4.24. The summed E-state index contributed by atoms with van der Waals surface area (Å²) < 4.78 is 5.72. The standard InChI is InChI=1S/C16H19N3O/c1-12-2-4-14(5-3-12)20-15-10-18-16(19-11-15)8-13-6-7-17-9-13/h2-5,10-11,13,17H,6-9H2,1H3. The molecule has 4 heteroatoms. The van der Waals surface area contributed by atoms with E-state index in [1.165, 1.54) is 12.0 Å². The first kappa shape index (κ1) is 13.1. The molecular formula is C16H19N3O. The first-order chi connectivity index (χ1) is 9.79. The highest BCUT2D eigenvalue weighted by Crippen LogP contribution is 2.20. The number of benzene rings is 1. The zero-order chi connectivity index (χ0) is 13.8. The molecule has 1 fully saturated rings. The van der Waals surface area contributed by atoms with Gasteiger partial charge in [-0.15, -0.1) is 0 Å². The minimum absolute atomic E-state index is 0.666. The Hall–Kier alpha value is -1.94. The fraction of sp³-hybridized carbons (Fsp3) is 0.375. The second-order valence-electron chi connectivity index (χ2n) is 5.31. The summed E-state index contributed by atoms with van der Waals surface area (Å²) in [6, 6.07) is 7.95. The van der Waals surface area contributed by atoms with Crippen molar-refractivity contribution < 1.29 is 4.74 Å². The third kappa shape index (κ3) is 3.33. The molecule has 2 heterocycles. The molecule has 20 heavy (non-hydrogen) atoms. The number of rotatable bonds is 4. The van der Waals surface area contributed by atoms with Crippen LogP contribution in [0.2, 0.25) is 0 Å². The second kappa shape index (κ2) is 6.01. The smallest absolute Gasteiger partial charge is 0.164 e. The normalized spacial score (nSPS) is 18.1. The predicted octanol–water partition coefficient (Wildman–Crippen LogP) is 2.73. The Bertz CT molecular complexity index is 545. The number of ether oxygens (including phenoxy) is 1. The Balaban J connectivity index is 1.62. The second-order valence-corrected chi connectivity index (χ2v) is 5.31. The monoisotopic (exact) mass is 269 g/mol. The summed E-state index contributed by atoms with van der Waals surface area (Å²) in [5.74, 6) is 3.06. The fourth-order valence-corrected chi connectivity index (χ4v) is 2.39. The highest BCUT2D eigenvalue weighted by molar-refractivity contribution is 5.30. The van der Waals surface area contributed by atoms with Gasteiger partial charge in [-0.3, -0.25) is 0 Å². The average molecular weight is 269 g/mol. The van der Waals surface area contributed by atoms with Gasteiger partial charge in [0.05, 0.1) is 12.4 Å². The molecule has 1 aromatic carbocycles. The maximum Gasteiger partial charge on any atom is 0.164 e. The van der Waals surface area contributed by atoms with Crippen molar-refractivity contribution in [3.05, 3.63) is 48.0 Å². The lowest BCUT2D eigenvalue weighted by molar-refractivity contribution is 0.474. The Morgan fingerprint density at radius 1 is 1.15 bits per heavy atom. The van der Waals surface area contributed by atoms with E-state index in [9.17, 15) is 0 Å². The molecule has 4 nitrogen and oxygen atoms in total. The first-order valence-corrected chi connectivity index (χ1v) is 7.06. The highest BCUT2D eigenvalue weighted by Gasteiger charge is 2.16. The van der Waals surface area contributed by atoms with Gasteiger partial charge in [-0.25, -0.2) is 9.97 Å². The summed E-state index contributed by atoms with van der Waals surface area (Å²) >= 11 is 0. The molecule has 3 rings (SSSR count). The van der Waals surface area contributed by atoms with Gasteiger partial charge >= 0.3 is 0 Å². The first-order valence-electron chi connectivity index (χ1n) is 7.06. The van der Waals surface area contributed by atoms with Gasteiger partial charge < -0.3 is 10.1 Å². The molecule has 0 radical (unpaired) electrons. The van der Waals surface area contributed by atoms with Crippen molar-refractivity contribution in [1.82, 2.24) is 15.3 Å². The largest absolute Gasteiger partial charge is 0.454 e. The summed E-state index contributed by atoms with van der Waals surface area (Å²) in [6.07, 6.45) is 5.66. The van der Waals surface area contributed by atoms with E-state index in [1.807, 2.05) is 24.3 Å². The van der Waals surface area contributed by atoms with Crippen LogP contribution in [0.3, 0.4) is 0 Å². The van der Waals surface area contributed by atoms with E-state index in [1.54, 1.807) is 12.4 Å². The Morgan fingerprint density at radius 2 is 1.90 bits per heavy atom. The quantitative estimate of drug-likeness (QED) is 0.927. The minimum Gasteiger partial charge on any atom is -0.454 e. The van der Waals surface area contributed by atoms with E-state index in [4.69, 9.17) is 4.74 Å². The van der Waals surface area contributed by atoms with Crippen molar-refractivity contribution in [2.45, 2.75) is 19.8 Å². The number of aryl methyl sites for hydroxylation is 1. The molecule has 1 aliphatic heterocycles. The number of nitrogens with zero attached hydrogens (tertiary/aromatic N) is 2. The number of hydrogen-bond donors (Lipinski definition) is 1. The Kier molecular flexibility index (Phi) is 3.92. The van der Waals surface area contributed by atoms with Gasteiger partial charge in [0.15, 0.2) is 5.75 Å². The molecule has 1 N–H and O–H groups in total. The van der Waals surface area contributed by atoms with Crippen LogP contribution in [0.25, 0.3) is 0 Å². The zero-order valence-corrected chi connectivity index (χ0v) is 11.7. The molecular weight excluding hydrogens is 250 g/mol. The van der Waals surface area contributed by atoms with Gasteiger partial charge in [0.1, 0.15) is 11.6 Å². The van der Waals surface area contributed by atoms with Crippen LogP contribution in [0.1, 0.15) is 17.8 Å². The van der Waals surface area contributed by atoms with E-state index in [0.29, 0.717) is 11.7 Å². The molecule has 0 bridgehead atoms. The van der Waals surface area contributed by atoms with Crippen molar-refractivity contribution >= 4 is 0 Å². The van der Waals surface area contributed by atoms with Gasteiger partial charge in [-0.05, 0) is 44.5 Å². The summed E-state index contributed by atoms with van der Waals surface area (Å²) in [5, 5.41) is 3.36. The van der Waals surface area contributed by atoms with Crippen molar-refractivity contribution in [1.29, 1.82) is 0 Å². The molecule has 0 aliphatic carbocycles. The molecule has 1 saturated heterocycles. The lowest BCUT2D eigenvalue weighted by atomic mass is 10.1. The average Bonchev–Trinajstić information content (AvgIpc) is 2.96. The van der Waals surface area contributed by atoms with E-state index in [2.05, 4.69) is 22.2 Å². The van der Waals surface area contributed by atoms with Gasteiger partial charge in [0.25, 0.3) is 0 Å². The lowest BCUT2D eigenvalue weighted by Crippen LogP contribution is -2.12. The highest BCUT2D eigenvalue weighted by atomic mass is 16.5. The number of aromatic nitrogens is 2. The predicted molar refractivity (Wildman–Crippen MR) is 78.0 cm³/mol. The van der Waals surface area contributed by atoms with Gasteiger partial charge in [0.2, 0.25) is 0 Å². The summed E-state index contributed by atoms with van der Waals surface area (Å²) in [4.78, 5) is 8.78. The van der Waals surface area contributed by atoms with Crippen LogP contribution in [-0.2, 0) is 6.42 Å². The van der Waals surface area contributed by atoms with Crippen LogP contribution in [-0.4, -0.2) is 23.1 Å². The number of hydrogen-bond acceptors (Lipinski definition) is 4. The topological polar surface area (TPSA) is 47.0 Å². The van der Waals surface area contributed by atoms with Crippen LogP contribution in [0.5, 0.6) is 11.5 Å². The van der Waals surface area contributed by atoms with E-state index in [0.717, 1.165) is 31.1 Å². The van der Waals surface area contributed by atoms with Gasteiger partial charge in [-0.2, -0.15) is 0 Å². The third-order valence-corrected chi connectivity index (χ3v) is 3.57. The Morgan fingerprint density at radius 3 is 2.55 bits per heavy atom.